The van der Waals surface area contributed by atoms with E-state index < -0.39 is 23.6 Å². The summed E-state index contributed by atoms with van der Waals surface area (Å²) in [7, 11) is 0. The number of rotatable bonds is 7. The van der Waals surface area contributed by atoms with Crippen LogP contribution in [-0.4, -0.2) is 23.5 Å². The lowest BCUT2D eigenvalue weighted by molar-refractivity contribution is -0.147. The van der Waals surface area contributed by atoms with Crippen molar-refractivity contribution in [2.45, 2.75) is 19.7 Å². The van der Waals surface area contributed by atoms with Gasteiger partial charge in [-0.05, 0) is 36.4 Å². The van der Waals surface area contributed by atoms with Crippen molar-refractivity contribution in [3.63, 3.8) is 0 Å². The maximum atomic E-state index is 13.0. The first-order chi connectivity index (χ1) is 15.1. The molecule has 0 radical (unpaired) electrons. The number of anilines is 2. The highest BCUT2D eigenvalue weighted by molar-refractivity contribution is 7.14. The van der Waals surface area contributed by atoms with E-state index in [1.165, 1.54) is 19.1 Å². The van der Waals surface area contributed by atoms with Gasteiger partial charge in [0.1, 0.15) is 12.4 Å². The molecule has 0 unspecified atom stereocenters. The average molecular weight is 485 g/mol. The molecule has 0 aliphatic heterocycles. The van der Waals surface area contributed by atoms with Crippen LogP contribution in [0.1, 0.15) is 18.2 Å². The normalized spacial score (nSPS) is 11.2. The first-order valence-electron chi connectivity index (χ1n) is 9.10. The number of hydrogen-bond donors (Lipinski definition) is 0. The summed E-state index contributed by atoms with van der Waals surface area (Å²) in [5, 5.41) is 2.16. The molecular formula is C21H16ClF3N2O4S. The maximum Gasteiger partial charge on any atom is 0.416 e. The van der Waals surface area contributed by atoms with Crippen molar-refractivity contribution in [2.75, 3.05) is 11.5 Å². The molecule has 0 saturated heterocycles. The summed E-state index contributed by atoms with van der Waals surface area (Å²) < 4.78 is 49.5. The zero-order chi connectivity index (χ0) is 23.3. The summed E-state index contributed by atoms with van der Waals surface area (Å²) in [6.45, 7) is 0.679. The molecule has 0 N–H and O–H groups in total. The number of nitrogens with zero attached hydrogens (tertiary/aromatic N) is 2. The minimum Gasteiger partial charge on any atom is -0.482 e. The number of ether oxygens (including phenoxy) is 2. The smallest absolute Gasteiger partial charge is 0.416 e. The summed E-state index contributed by atoms with van der Waals surface area (Å²) >= 11 is 6.87. The van der Waals surface area contributed by atoms with Crippen molar-refractivity contribution >= 4 is 45.6 Å². The molecule has 1 aromatic heterocycles. The number of aromatic nitrogens is 1. The van der Waals surface area contributed by atoms with E-state index in [0.29, 0.717) is 16.5 Å². The van der Waals surface area contributed by atoms with E-state index in [1.807, 2.05) is 0 Å². The SMILES string of the molecule is CC(=O)N(c1cccc(C(F)(F)F)c1)c1nc(COC(=O)COc2cccc(Cl)c2)cs1. The predicted octanol–water partition coefficient (Wildman–Crippen LogP) is 5.62. The molecule has 3 aromatic rings. The number of benzene rings is 2. The Morgan fingerprint density at radius 2 is 1.91 bits per heavy atom. The van der Waals surface area contributed by atoms with E-state index in [1.54, 1.807) is 29.6 Å². The van der Waals surface area contributed by atoms with Gasteiger partial charge < -0.3 is 9.47 Å². The summed E-state index contributed by atoms with van der Waals surface area (Å²) in [5.41, 5.74) is -0.522. The van der Waals surface area contributed by atoms with E-state index >= 15 is 0 Å². The molecule has 32 heavy (non-hydrogen) atoms. The Bertz CT molecular complexity index is 1120. The molecule has 3 rings (SSSR count). The fraction of sp³-hybridized carbons (Fsp3) is 0.190. The Kier molecular flexibility index (Phi) is 7.37. The van der Waals surface area contributed by atoms with E-state index in [-0.39, 0.29) is 24.0 Å². The fourth-order valence-corrected chi connectivity index (χ4v) is 3.66. The Morgan fingerprint density at radius 3 is 2.59 bits per heavy atom. The third kappa shape index (κ3) is 6.21. The third-order valence-electron chi connectivity index (χ3n) is 4.01. The Hall–Kier alpha value is -3.11. The summed E-state index contributed by atoms with van der Waals surface area (Å²) in [5.74, 6) is -0.762. The molecular weight excluding hydrogens is 469 g/mol. The number of halogens is 4. The van der Waals surface area contributed by atoms with Gasteiger partial charge in [0.05, 0.1) is 16.9 Å². The van der Waals surface area contributed by atoms with E-state index in [2.05, 4.69) is 4.98 Å². The van der Waals surface area contributed by atoms with Gasteiger partial charge in [-0.2, -0.15) is 13.2 Å². The van der Waals surface area contributed by atoms with Gasteiger partial charge in [-0.1, -0.05) is 23.7 Å². The van der Waals surface area contributed by atoms with Gasteiger partial charge in [0.25, 0.3) is 0 Å². The summed E-state index contributed by atoms with van der Waals surface area (Å²) in [6.07, 6.45) is -4.55. The second-order valence-corrected chi connectivity index (χ2v) is 7.70. The Balaban J connectivity index is 1.64. The van der Waals surface area contributed by atoms with Crippen LogP contribution in [0.2, 0.25) is 5.02 Å². The second-order valence-electron chi connectivity index (χ2n) is 6.43. The molecule has 6 nitrogen and oxygen atoms in total. The van der Waals surface area contributed by atoms with Gasteiger partial charge in [0.15, 0.2) is 11.7 Å². The highest BCUT2D eigenvalue weighted by Gasteiger charge is 2.31. The van der Waals surface area contributed by atoms with E-state index in [9.17, 15) is 22.8 Å². The quantitative estimate of drug-likeness (QED) is 0.407. The molecule has 1 amide bonds. The lowest BCUT2D eigenvalue weighted by atomic mass is 10.2. The Morgan fingerprint density at radius 1 is 1.16 bits per heavy atom. The molecule has 0 aliphatic rings. The number of hydrogen-bond acceptors (Lipinski definition) is 6. The van der Waals surface area contributed by atoms with Crippen molar-refractivity contribution in [3.05, 3.63) is 70.2 Å². The van der Waals surface area contributed by atoms with E-state index in [4.69, 9.17) is 21.1 Å². The number of carbonyl (C=O) groups excluding carboxylic acids is 2. The average Bonchev–Trinajstić information content (AvgIpc) is 3.18. The van der Waals surface area contributed by atoms with Crippen molar-refractivity contribution in [1.82, 2.24) is 4.98 Å². The zero-order valence-corrected chi connectivity index (χ0v) is 18.1. The van der Waals surface area contributed by atoms with Crippen molar-refractivity contribution in [2.24, 2.45) is 0 Å². The van der Waals surface area contributed by atoms with Crippen LogP contribution in [0, 0.1) is 0 Å². The van der Waals surface area contributed by atoms with E-state index in [0.717, 1.165) is 28.4 Å². The molecule has 0 spiro atoms. The highest BCUT2D eigenvalue weighted by atomic mass is 35.5. The molecule has 0 aliphatic carbocycles. The predicted molar refractivity (Wildman–Crippen MR) is 113 cm³/mol. The molecule has 1 heterocycles. The van der Waals surface area contributed by atoms with Crippen molar-refractivity contribution in [1.29, 1.82) is 0 Å². The number of carbonyl (C=O) groups is 2. The summed E-state index contributed by atoms with van der Waals surface area (Å²) in [4.78, 5) is 29.3. The van der Waals surface area contributed by atoms with Crippen LogP contribution in [0.4, 0.5) is 24.0 Å². The number of thiazole rings is 1. The zero-order valence-electron chi connectivity index (χ0n) is 16.6. The minimum atomic E-state index is -4.55. The molecule has 168 valence electrons. The monoisotopic (exact) mass is 484 g/mol. The van der Waals surface area contributed by atoms with Crippen molar-refractivity contribution < 1.29 is 32.2 Å². The topological polar surface area (TPSA) is 68.7 Å². The largest absolute Gasteiger partial charge is 0.482 e. The fourth-order valence-electron chi connectivity index (χ4n) is 2.61. The van der Waals surface area contributed by atoms with Gasteiger partial charge in [0, 0.05) is 17.3 Å². The van der Waals surface area contributed by atoms with Crippen LogP contribution in [0.25, 0.3) is 0 Å². The van der Waals surface area contributed by atoms with Crippen LogP contribution < -0.4 is 9.64 Å². The lowest BCUT2D eigenvalue weighted by Crippen LogP contribution is -2.23. The van der Waals surface area contributed by atoms with Gasteiger partial charge in [-0.3, -0.25) is 9.69 Å². The second kappa shape index (κ2) is 10.0. The highest BCUT2D eigenvalue weighted by Crippen LogP contribution is 2.35. The van der Waals surface area contributed by atoms with Crippen LogP contribution in [0.15, 0.2) is 53.9 Å². The Labute approximate surface area is 190 Å². The lowest BCUT2D eigenvalue weighted by Gasteiger charge is -2.19. The summed E-state index contributed by atoms with van der Waals surface area (Å²) in [6, 6.07) is 10.9. The molecule has 11 heteroatoms. The van der Waals surface area contributed by atoms with Crippen LogP contribution >= 0.6 is 22.9 Å². The van der Waals surface area contributed by atoms with Gasteiger partial charge in [-0.25, -0.2) is 9.78 Å². The number of esters is 1. The molecule has 0 fully saturated rings. The van der Waals surface area contributed by atoms with Crippen LogP contribution in [-0.2, 0) is 27.1 Å². The van der Waals surface area contributed by atoms with Gasteiger partial charge in [-0.15, -0.1) is 11.3 Å². The van der Waals surface area contributed by atoms with Crippen molar-refractivity contribution in [3.8, 4) is 5.75 Å². The van der Waals surface area contributed by atoms with Gasteiger partial charge >= 0.3 is 12.1 Å². The first kappa shape index (κ1) is 23.6. The molecule has 0 saturated carbocycles. The molecule has 2 aromatic carbocycles. The molecule has 0 atom stereocenters. The molecule has 0 bridgehead atoms. The maximum absolute atomic E-state index is 13.0. The standard InChI is InChI=1S/C21H16ClF3N2O4S/c1-13(28)27(17-6-2-4-14(8-17)21(23,24)25)20-26-16(12-32-20)10-31-19(29)11-30-18-7-3-5-15(22)9-18/h2-9,12H,10-11H2,1H3. The third-order valence-corrected chi connectivity index (χ3v) is 5.12. The number of amides is 1. The minimum absolute atomic E-state index is 0.0279. The number of alkyl halides is 3. The van der Waals surface area contributed by atoms with Crippen LogP contribution in [0.3, 0.4) is 0 Å². The first-order valence-corrected chi connectivity index (χ1v) is 10.4. The van der Waals surface area contributed by atoms with Gasteiger partial charge in [0.2, 0.25) is 5.91 Å². The van der Waals surface area contributed by atoms with Crippen LogP contribution in [0.5, 0.6) is 5.75 Å².